The number of piperazine rings is 1. The summed E-state index contributed by atoms with van der Waals surface area (Å²) in [5.74, 6) is -0.442. The normalized spacial score (nSPS) is 22.8. The number of ether oxygens (including phenoxy) is 1. The van der Waals surface area contributed by atoms with E-state index >= 15 is 0 Å². The topological polar surface area (TPSA) is 58.6 Å². The Bertz CT molecular complexity index is 270. The molecule has 0 aromatic carbocycles. The number of nitrogens with one attached hydrogen (secondary N) is 1. The molecule has 0 spiro atoms. The molecule has 15 heavy (non-hydrogen) atoms. The highest BCUT2D eigenvalue weighted by Gasteiger charge is 2.33. The van der Waals surface area contributed by atoms with Crippen molar-refractivity contribution in [2.24, 2.45) is 0 Å². The van der Waals surface area contributed by atoms with Gasteiger partial charge in [0.1, 0.15) is 11.6 Å². The fourth-order valence-electron chi connectivity index (χ4n) is 1.36. The van der Waals surface area contributed by atoms with E-state index in [1.165, 1.54) is 4.90 Å². The third kappa shape index (κ3) is 3.20. The molecule has 86 valence electrons. The summed E-state index contributed by atoms with van der Waals surface area (Å²) in [6.07, 6.45) is 0. The van der Waals surface area contributed by atoms with Crippen LogP contribution < -0.4 is 5.32 Å². The van der Waals surface area contributed by atoms with Gasteiger partial charge in [-0.05, 0) is 20.8 Å². The lowest BCUT2D eigenvalue weighted by Crippen LogP contribution is -2.57. The summed E-state index contributed by atoms with van der Waals surface area (Å²) in [7, 11) is 1.62. The molecule has 1 aliphatic rings. The van der Waals surface area contributed by atoms with Gasteiger partial charge in [-0.1, -0.05) is 0 Å². The first-order chi connectivity index (χ1) is 6.81. The zero-order valence-corrected chi connectivity index (χ0v) is 9.66. The highest BCUT2D eigenvalue weighted by atomic mass is 16.6. The van der Waals surface area contributed by atoms with E-state index in [2.05, 4.69) is 5.32 Å². The number of amides is 1. The van der Waals surface area contributed by atoms with Crippen molar-refractivity contribution in [3.8, 4) is 0 Å². The van der Waals surface area contributed by atoms with Crippen molar-refractivity contribution in [3.05, 3.63) is 0 Å². The van der Waals surface area contributed by atoms with Crippen molar-refractivity contribution in [2.75, 3.05) is 20.1 Å². The zero-order chi connectivity index (χ0) is 11.6. The van der Waals surface area contributed by atoms with Crippen molar-refractivity contribution in [1.29, 1.82) is 0 Å². The number of esters is 1. The van der Waals surface area contributed by atoms with Gasteiger partial charge in [0.2, 0.25) is 5.91 Å². The van der Waals surface area contributed by atoms with Crippen molar-refractivity contribution in [2.45, 2.75) is 32.4 Å². The molecule has 1 N–H and O–H groups in total. The van der Waals surface area contributed by atoms with Gasteiger partial charge in [0.15, 0.2) is 0 Å². The van der Waals surface area contributed by atoms with E-state index in [0.717, 1.165) is 0 Å². The number of nitrogens with zero attached hydrogens (tertiary/aromatic N) is 1. The first kappa shape index (κ1) is 12.0. The van der Waals surface area contributed by atoms with Gasteiger partial charge in [-0.25, -0.2) is 4.79 Å². The predicted octanol–water partition coefficient (Wildman–Crippen LogP) is -0.242. The Hall–Kier alpha value is -1.10. The van der Waals surface area contributed by atoms with Crippen LogP contribution in [0.4, 0.5) is 0 Å². The maximum Gasteiger partial charge on any atom is 0.330 e. The minimum absolute atomic E-state index is 0.0860. The second kappa shape index (κ2) is 4.18. The predicted molar refractivity (Wildman–Crippen MR) is 55.3 cm³/mol. The molecule has 1 heterocycles. The highest BCUT2D eigenvalue weighted by Crippen LogP contribution is 2.11. The lowest BCUT2D eigenvalue weighted by atomic mass is 10.1. The molecule has 1 amide bonds. The summed E-state index contributed by atoms with van der Waals surface area (Å²) in [6, 6.07) is -0.509. The van der Waals surface area contributed by atoms with Crippen LogP contribution in [0.5, 0.6) is 0 Å². The summed E-state index contributed by atoms with van der Waals surface area (Å²) in [6.45, 7) is 6.17. The van der Waals surface area contributed by atoms with Gasteiger partial charge < -0.3 is 15.0 Å². The number of hydrogen-bond acceptors (Lipinski definition) is 4. The molecular weight excluding hydrogens is 196 g/mol. The molecule has 0 aromatic heterocycles. The summed E-state index contributed by atoms with van der Waals surface area (Å²) in [5, 5.41) is 2.89. The van der Waals surface area contributed by atoms with E-state index in [1.807, 2.05) is 20.8 Å². The molecule has 5 nitrogen and oxygen atoms in total. The number of hydrogen-bond donors (Lipinski definition) is 1. The maximum absolute atomic E-state index is 11.7. The van der Waals surface area contributed by atoms with Crippen LogP contribution in [0.2, 0.25) is 0 Å². The molecule has 0 aliphatic carbocycles. The second-order valence-corrected chi connectivity index (χ2v) is 4.68. The zero-order valence-electron chi connectivity index (χ0n) is 9.66. The Morgan fingerprint density at radius 3 is 2.67 bits per heavy atom. The van der Waals surface area contributed by atoms with Crippen LogP contribution in [-0.4, -0.2) is 48.6 Å². The van der Waals surface area contributed by atoms with Crippen LogP contribution >= 0.6 is 0 Å². The third-order valence-corrected chi connectivity index (χ3v) is 2.15. The second-order valence-electron chi connectivity index (χ2n) is 4.68. The fraction of sp³-hybridized carbons (Fsp3) is 0.800. The van der Waals surface area contributed by atoms with E-state index in [0.29, 0.717) is 6.54 Å². The third-order valence-electron chi connectivity index (χ3n) is 2.15. The van der Waals surface area contributed by atoms with Crippen LogP contribution in [-0.2, 0) is 14.3 Å². The number of carbonyl (C=O) groups is 2. The van der Waals surface area contributed by atoms with E-state index < -0.39 is 11.6 Å². The molecular formula is C10H18N2O3. The maximum atomic E-state index is 11.7. The highest BCUT2D eigenvalue weighted by molar-refractivity contribution is 5.87. The van der Waals surface area contributed by atoms with Crippen molar-refractivity contribution in [1.82, 2.24) is 10.2 Å². The quantitative estimate of drug-likeness (QED) is 0.612. The van der Waals surface area contributed by atoms with Crippen LogP contribution in [0.1, 0.15) is 20.8 Å². The van der Waals surface area contributed by atoms with Gasteiger partial charge in [-0.15, -0.1) is 0 Å². The van der Waals surface area contributed by atoms with Gasteiger partial charge >= 0.3 is 5.97 Å². The molecule has 1 aliphatic heterocycles. The summed E-state index contributed by atoms with van der Waals surface area (Å²) in [4.78, 5) is 24.5. The van der Waals surface area contributed by atoms with Gasteiger partial charge in [-0.2, -0.15) is 0 Å². The largest absolute Gasteiger partial charge is 0.458 e. The van der Waals surface area contributed by atoms with Gasteiger partial charge in [0, 0.05) is 13.6 Å². The van der Waals surface area contributed by atoms with E-state index in [4.69, 9.17) is 4.74 Å². The average Bonchev–Trinajstić information content (AvgIpc) is 2.06. The van der Waals surface area contributed by atoms with E-state index in [9.17, 15) is 9.59 Å². The minimum Gasteiger partial charge on any atom is -0.458 e. The minimum atomic E-state index is -0.515. The lowest BCUT2D eigenvalue weighted by molar-refractivity contribution is -0.165. The molecule has 1 unspecified atom stereocenters. The molecule has 5 heteroatoms. The number of carbonyl (C=O) groups excluding carboxylic acids is 2. The Morgan fingerprint density at radius 2 is 2.13 bits per heavy atom. The first-order valence-electron chi connectivity index (χ1n) is 5.00. The molecule has 1 saturated heterocycles. The fourth-order valence-corrected chi connectivity index (χ4v) is 1.36. The monoisotopic (exact) mass is 214 g/mol. The number of likely N-dealkylation sites (N-methyl/N-ethyl adjacent to an activating group) is 1. The Balaban J connectivity index is 2.63. The summed E-state index contributed by atoms with van der Waals surface area (Å²) >= 11 is 0. The molecule has 0 saturated carbocycles. The van der Waals surface area contributed by atoms with Crippen LogP contribution in [0.25, 0.3) is 0 Å². The van der Waals surface area contributed by atoms with Crippen molar-refractivity contribution >= 4 is 11.9 Å². The summed E-state index contributed by atoms with van der Waals surface area (Å²) in [5.41, 5.74) is -0.515. The van der Waals surface area contributed by atoms with Gasteiger partial charge in [-0.3, -0.25) is 4.79 Å². The molecule has 0 radical (unpaired) electrons. The Labute approximate surface area is 89.8 Å². The van der Waals surface area contributed by atoms with Crippen molar-refractivity contribution in [3.63, 3.8) is 0 Å². The molecule has 1 rings (SSSR count). The molecule has 1 atom stereocenters. The molecule has 1 fully saturated rings. The van der Waals surface area contributed by atoms with E-state index in [1.54, 1.807) is 7.05 Å². The van der Waals surface area contributed by atoms with E-state index in [-0.39, 0.29) is 18.4 Å². The first-order valence-corrected chi connectivity index (χ1v) is 5.00. The van der Waals surface area contributed by atoms with Crippen LogP contribution in [0, 0.1) is 0 Å². The van der Waals surface area contributed by atoms with Crippen LogP contribution in [0.15, 0.2) is 0 Å². The van der Waals surface area contributed by atoms with Gasteiger partial charge in [0.25, 0.3) is 0 Å². The van der Waals surface area contributed by atoms with Crippen LogP contribution in [0.3, 0.4) is 0 Å². The Morgan fingerprint density at radius 1 is 1.53 bits per heavy atom. The molecule has 0 bridgehead atoms. The SMILES string of the molecule is CN1C(=O)CNCC1C(=O)OC(C)(C)C. The molecule has 0 aromatic rings. The average molecular weight is 214 g/mol. The standard InChI is InChI=1S/C10H18N2O3/c1-10(2,3)15-9(14)7-5-11-6-8(13)12(7)4/h7,11H,5-6H2,1-4H3. The van der Waals surface area contributed by atoms with Crippen molar-refractivity contribution < 1.29 is 14.3 Å². The number of rotatable bonds is 1. The summed E-state index contributed by atoms with van der Waals surface area (Å²) < 4.78 is 5.22. The lowest BCUT2D eigenvalue weighted by Gasteiger charge is -2.33. The smallest absolute Gasteiger partial charge is 0.330 e. The van der Waals surface area contributed by atoms with Gasteiger partial charge in [0.05, 0.1) is 6.54 Å². The Kier molecular flexibility index (Phi) is 3.34.